The summed E-state index contributed by atoms with van der Waals surface area (Å²) in [6.45, 7) is 7.51. The summed E-state index contributed by atoms with van der Waals surface area (Å²) in [5, 5.41) is 6.91. The molecule has 4 nitrogen and oxygen atoms in total. The molecule has 0 aromatic heterocycles. The van der Waals surface area contributed by atoms with Gasteiger partial charge in [0, 0.05) is 37.1 Å². The van der Waals surface area contributed by atoms with Crippen molar-refractivity contribution in [3.63, 3.8) is 0 Å². The minimum Gasteiger partial charge on any atom is -0.377 e. The zero-order valence-electron chi connectivity index (χ0n) is 10.1. The number of nitrogens with one attached hydrogen (secondary N) is 2. The van der Waals surface area contributed by atoms with Crippen LogP contribution in [0.25, 0.3) is 0 Å². The number of aliphatic imine (C=N–C) groups is 1. The van der Waals surface area contributed by atoms with Gasteiger partial charge in [-0.3, -0.25) is 4.99 Å². The van der Waals surface area contributed by atoms with Crippen LogP contribution in [-0.4, -0.2) is 37.8 Å². The minimum atomic E-state index is 0.239. The van der Waals surface area contributed by atoms with Crippen LogP contribution in [0.15, 0.2) is 4.99 Å². The number of hydrogen-bond acceptors (Lipinski definition) is 4. The first-order chi connectivity index (χ1) is 7.69. The van der Waals surface area contributed by atoms with Gasteiger partial charge in [-0.05, 0) is 12.8 Å². The lowest BCUT2D eigenvalue weighted by Crippen LogP contribution is -2.68. The van der Waals surface area contributed by atoms with Crippen molar-refractivity contribution in [2.75, 3.05) is 19.7 Å². The molecule has 3 atom stereocenters. The first-order valence-electron chi connectivity index (χ1n) is 6.36. The van der Waals surface area contributed by atoms with Gasteiger partial charge in [0.2, 0.25) is 0 Å². The van der Waals surface area contributed by atoms with Gasteiger partial charge in [-0.15, -0.1) is 0 Å². The highest BCUT2D eigenvalue weighted by Crippen LogP contribution is 2.52. The average molecular weight is 223 g/mol. The van der Waals surface area contributed by atoms with Crippen LogP contribution in [-0.2, 0) is 4.74 Å². The van der Waals surface area contributed by atoms with Gasteiger partial charge in [-0.1, -0.05) is 13.8 Å². The summed E-state index contributed by atoms with van der Waals surface area (Å²) < 4.78 is 5.79. The lowest BCUT2D eigenvalue weighted by molar-refractivity contribution is -0.106. The Bertz CT molecular complexity index is 313. The second-order valence-corrected chi connectivity index (χ2v) is 5.70. The number of hydrogen-bond donors (Lipinski definition) is 2. The van der Waals surface area contributed by atoms with E-state index in [0.717, 1.165) is 32.1 Å². The SMILES string of the molecule is CC1(C)C(NC2=NCCCN2)C2CCOC21. The summed E-state index contributed by atoms with van der Waals surface area (Å²) in [7, 11) is 0. The summed E-state index contributed by atoms with van der Waals surface area (Å²) in [5.74, 6) is 1.68. The second kappa shape index (κ2) is 3.62. The molecule has 16 heavy (non-hydrogen) atoms. The molecular formula is C12H21N3O. The van der Waals surface area contributed by atoms with Crippen LogP contribution in [0, 0.1) is 11.3 Å². The topological polar surface area (TPSA) is 45.7 Å². The van der Waals surface area contributed by atoms with Gasteiger partial charge in [0.05, 0.1) is 6.10 Å². The quantitative estimate of drug-likeness (QED) is 0.689. The summed E-state index contributed by atoms with van der Waals surface area (Å²) in [4.78, 5) is 4.48. The van der Waals surface area contributed by atoms with Crippen LogP contribution in [0.4, 0.5) is 0 Å². The van der Waals surface area contributed by atoms with Crippen molar-refractivity contribution in [3.05, 3.63) is 0 Å². The predicted octanol–water partition coefficient (Wildman–Crippen LogP) is 0.739. The van der Waals surface area contributed by atoms with E-state index in [9.17, 15) is 0 Å². The number of nitrogens with zero attached hydrogens (tertiary/aromatic N) is 1. The smallest absolute Gasteiger partial charge is 0.191 e. The van der Waals surface area contributed by atoms with Gasteiger partial charge in [0.15, 0.2) is 5.96 Å². The Hall–Kier alpha value is -0.770. The number of ether oxygens (including phenoxy) is 1. The van der Waals surface area contributed by atoms with E-state index in [0.29, 0.717) is 18.1 Å². The molecule has 4 heteroatoms. The standard InChI is InChI=1S/C12H21N3O/c1-12(2)9(8-4-7-16-10(8)12)15-11-13-5-3-6-14-11/h8-10H,3-7H2,1-2H3,(H2,13,14,15). The first kappa shape index (κ1) is 10.4. The van der Waals surface area contributed by atoms with Gasteiger partial charge >= 0.3 is 0 Å². The molecule has 0 amide bonds. The third-order valence-corrected chi connectivity index (χ3v) is 4.29. The van der Waals surface area contributed by atoms with Crippen molar-refractivity contribution in [3.8, 4) is 0 Å². The van der Waals surface area contributed by atoms with Crippen LogP contribution < -0.4 is 10.6 Å². The Kier molecular flexibility index (Phi) is 2.35. The van der Waals surface area contributed by atoms with Gasteiger partial charge < -0.3 is 15.4 Å². The Labute approximate surface area is 96.8 Å². The number of fused-ring (bicyclic) bond motifs is 1. The highest BCUT2D eigenvalue weighted by molar-refractivity contribution is 5.80. The Morgan fingerprint density at radius 2 is 2.38 bits per heavy atom. The van der Waals surface area contributed by atoms with Crippen molar-refractivity contribution in [1.29, 1.82) is 0 Å². The summed E-state index contributed by atoms with van der Waals surface area (Å²) in [6, 6.07) is 0.518. The van der Waals surface area contributed by atoms with Crippen LogP contribution in [0.3, 0.4) is 0 Å². The minimum absolute atomic E-state index is 0.239. The molecule has 0 spiro atoms. The molecule has 2 heterocycles. The fourth-order valence-corrected chi connectivity index (χ4v) is 3.39. The Balaban J connectivity index is 1.68. The van der Waals surface area contributed by atoms with Crippen molar-refractivity contribution in [2.24, 2.45) is 16.3 Å². The van der Waals surface area contributed by atoms with Crippen LogP contribution in [0.2, 0.25) is 0 Å². The molecule has 0 aromatic rings. The molecule has 3 aliphatic rings. The van der Waals surface area contributed by atoms with E-state index < -0.39 is 0 Å². The summed E-state index contributed by atoms with van der Waals surface area (Å²) in [5.41, 5.74) is 0.239. The maximum absolute atomic E-state index is 5.79. The monoisotopic (exact) mass is 223 g/mol. The van der Waals surface area contributed by atoms with Crippen LogP contribution in [0.1, 0.15) is 26.7 Å². The predicted molar refractivity (Wildman–Crippen MR) is 63.5 cm³/mol. The van der Waals surface area contributed by atoms with Gasteiger partial charge in [0.25, 0.3) is 0 Å². The van der Waals surface area contributed by atoms with Crippen LogP contribution >= 0.6 is 0 Å². The number of guanidine groups is 1. The number of rotatable bonds is 1. The molecule has 2 aliphatic heterocycles. The second-order valence-electron chi connectivity index (χ2n) is 5.70. The van der Waals surface area contributed by atoms with E-state index in [1.807, 2.05) is 0 Å². The molecule has 1 aliphatic carbocycles. The largest absolute Gasteiger partial charge is 0.377 e. The van der Waals surface area contributed by atoms with E-state index in [4.69, 9.17) is 4.74 Å². The highest BCUT2D eigenvalue weighted by Gasteiger charge is 2.59. The zero-order chi connectivity index (χ0) is 11.2. The van der Waals surface area contributed by atoms with Crippen molar-refractivity contribution in [2.45, 2.75) is 38.8 Å². The fourth-order valence-electron chi connectivity index (χ4n) is 3.39. The lowest BCUT2D eigenvalue weighted by atomic mass is 9.57. The van der Waals surface area contributed by atoms with E-state index in [-0.39, 0.29) is 5.41 Å². The van der Waals surface area contributed by atoms with Gasteiger partial charge in [-0.25, -0.2) is 0 Å². The highest BCUT2D eigenvalue weighted by atomic mass is 16.5. The molecular weight excluding hydrogens is 202 g/mol. The molecule has 90 valence electrons. The Morgan fingerprint density at radius 1 is 1.50 bits per heavy atom. The summed E-state index contributed by atoms with van der Waals surface area (Å²) >= 11 is 0. The van der Waals surface area contributed by atoms with E-state index in [2.05, 4.69) is 29.5 Å². The van der Waals surface area contributed by atoms with E-state index in [1.54, 1.807) is 0 Å². The van der Waals surface area contributed by atoms with Crippen molar-refractivity contribution in [1.82, 2.24) is 10.6 Å². The normalized spacial score (nSPS) is 40.4. The first-order valence-corrected chi connectivity index (χ1v) is 6.36. The van der Waals surface area contributed by atoms with Gasteiger partial charge in [0.1, 0.15) is 0 Å². The molecule has 0 aromatic carbocycles. The van der Waals surface area contributed by atoms with E-state index in [1.165, 1.54) is 6.42 Å². The van der Waals surface area contributed by atoms with Gasteiger partial charge in [-0.2, -0.15) is 0 Å². The molecule has 0 bridgehead atoms. The van der Waals surface area contributed by atoms with E-state index >= 15 is 0 Å². The Morgan fingerprint density at radius 3 is 3.12 bits per heavy atom. The molecule has 0 radical (unpaired) electrons. The third-order valence-electron chi connectivity index (χ3n) is 4.29. The molecule has 2 fully saturated rings. The van der Waals surface area contributed by atoms with Crippen molar-refractivity contribution < 1.29 is 4.74 Å². The summed E-state index contributed by atoms with van der Waals surface area (Å²) in [6.07, 6.45) is 2.79. The maximum Gasteiger partial charge on any atom is 0.191 e. The molecule has 3 rings (SSSR count). The molecule has 1 saturated heterocycles. The molecule has 1 saturated carbocycles. The third kappa shape index (κ3) is 1.43. The van der Waals surface area contributed by atoms with Crippen molar-refractivity contribution >= 4 is 5.96 Å². The van der Waals surface area contributed by atoms with Crippen LogP contribution in [0.5, 0.6) is 0 Å². The maximum atomic E-state index is 5.79. The fraction of sp³-hybridized carbons (Fsp3) is 0.917. The molecule has 3 unspecified atom stereocenters. The zero-order valence-corrected chi connectivity index (χ0v) is 10.1. The average Bonchev–Trinajstić information content (AvgIpc) is 2.74. The molecule has 2 N–H and O–H groups in total. The lowest BCUT2D eigenvalue weighted by Gasteiger charge is -2.55.